The van der Waals surface area contributed by atoms with E-state index < -0.39 is 22.0 Å². The molecule has 0 aromatic heterocycles. The maximum Gasteiger partial charge on any atom is 0.319 e. The number of nitrogens with zero attached hydrogens (tertiary/aromatic N) is 1. The van der Waals surface area contributed by atoms with Crippen LogP contribution in [0.2, 0.25) is 0 Å². The molecule has 1 aliphatic rings. The summed E-state index contributed by atoms with van der Waals surface area (Å²) in [7, 11) is -1.42. The Morgan fingerprint density at radius 3 is 2.68 bits per heavy atom. The molecule has 5 nitrogen and oxygen atoms in total. The van der Waals surface area contributed by atoms with Crippen molar-refractivity contribution in [3.8, 4) is 0 Å². The highest BCUT2D eigenvalue weighted by Crippen LogP contribution is 2.22. The van der Waals surface area contributed by atoms with Crippen LogP contribution >= 0.6 is 0 Å². The molecule has 1 heterocycles. The van der Waals surface area contributed by atoms with Crippen LogP contribution in [-0.2, 0) is 26.9 Å². The Kier molecular flexibility index (Phi) is 5.71. The second-order valence-electron chi connectivity index (χ2n) is 5.48. The Morgan fingerprint density at radius 2 is 2.14 bits per heavy atom. The van der Waals surface area contributed by atoms with Gasteiger partial charge in [0, 0.05) is 29.9 Å². The van der Waals surface area contributed by atoms with E-state index in [9.17, 15) is 9.00 Å². The molecule has 1 aromatic carbocycles. The Balaban J connectivity index is 1.97. The summed E-state index contributed by atoms with van der Waals surface area (Å²) in [6.07, 6.45) is 4.00. The number of aliphatic carboxylic acids is 1. The quantitative estimate of drug-likeness (QED) is 0.836. The Labute approximate surface area is 132 Å². The summed E-state index contributed by atoms with van der Waals surface area (Å²) in [4.78, 5) is 16.4. The molecule has 2 rings (SSSR count). The summed E-state index contributed by atoms with van der Waals surface area (Å²) in [5, 5.41) is 12.2. The molecule has 0 spiro atoms. The lowest BCUT2D eigenvalue weighted by atomic mass is 10.0. The molecule has 3 unspecified atom stereocenters. The molecule has 22 heavy (non-hydrogen) atoms. The zero-order chi connectivity index (χ0) is 16.1. The van der Waals surface area contributed by atoms with Crippen LogP contribution in [-0.4, -0.2) is 38.6 Å². The molecule has 0 fully saturated rings. The number of hydrogen-bond acceptors (Lipinski definition) is 4. The lowest BCUT2D eigenvalue weighted by molar-refractivity contribution is -0.137. The summed E-state index contributed by atoms with van der Waals surface area (Å²) in [6, 6.07) is 8.19. The standard InChI is InChI=1S/C16H21NO4S/c1-3-4-11-5-7-12(8-6-11)14-9-13(21-17-14)10-15(16(18)19)22(2)20/h5-8,13,15H,3-4,9-10H2,1-2H3,(H,18,19). The van der Waals surface area contributed by atoms with Gasteiger partial charge in [-0.25, -0.2) is 0 Å². The molecule has 0 radical (unpaired) electrons. The van der Waals surface area contributed by atoms with E-state index in [0.29, 0.717) is 6.42 Å². The molecule has 1 N–H and O–H groups in total. The van der Waals surface area contributed by atoms with Crippen LogP contribution in [0.1, 0.15) is 37.3 Å². The van der Waals surface area contributed by atoms with E-state index in [2.05, 4.69) is 24.2 Å². The second kappa shape index (κ2) is 7.54. The highest BCUT2D eigenvalue weighted by Gasteiger charge is 2.31. The van der Waals surface area contributed by atoms with E-state index in [4.69, 9.17) is 9.94 Å². The smallest absolute Gasteiger partial charge is 0.319 e. The molecule has 1 aliphatic heterocycles. The van der Waals surface area contributed by atoms with Crippen molar-refractivity contribution >= 4 is 22.5 Å². The normalized spacial score (nSPS) is 20.1. The number of rotatable bonds is 7. The minimum Gasteiger partial charge on any atom is -0.480 e. The first kappa shape index (κ1) is 16.7. The average molecular weight is 323 g/mol. The molecule has 1 aromatic rings. The molecular weight excluding hydrogens is 302 g/mol. The predicted octanol–water partition coefficient (Wildman–Crippen LogP) is 2.35. The molecular formula is C16H21NO4S. The number of benzene rings is 1. The van der Waals surface area contributed by atoms with E-state index in [1.807, 2.05) is 12.1 Å². The van der Waals surface area contributed by atoms with E-state index in [1.54, 1.807) is 0 Å². The van der Waals surface area contributed by atoms with Crippen LogP contribution in [0.3, 0.4) is 0 Å². The molecule has 0 bridgehead atoms. The first-order chi connectivity index (χ1) is 10.5. The minimum absolute atomic E-state index is 0.208. The van der Waals surface area contributed by atoms with E-state index >= 15 is 0 Å². The van der Waals surface area contributed by atoms with Crippen LogP contribution in [0.25, 0.3) is 0 Å². The van der Waals surface area contributed by atoms with Gasteiger partial charge in [0.15, 0.2) is 0 Å². The van der Waals surface area contributed by atoms with Gasteiger partial charge in [0.2, 0.25) is 0 Å². The zero-order valence-corrected chi connectivity index (χ0v) is 13.6. The van der Waals surface area contributed by atoms with Crippen LogP contribution < -0.4 is 0 Å². The van der Waals surface area contributed by atoms with Gasteiger partial charge in [0.1, 0.15) is 11.4 Å². The molecule has 6 heteroatoms. The van der Waals surface area contributed by atoms with Gasteiger partial charge in [0.05, 0.1) is 5.71 Å². The highest BCUT2D eigenvalue weighted by atomic mass is 32.2. The fourth-order valence-electron chi connectivity index (χ4n) is 2.49. The summed E-state index contributed by atoms with van der Waals surface area (Å²) in [5.74, 6) is -1.05. The lowest BCUT2D eigenvalue weighted by Gasteiger charge is -2.13. The largest absolute Gasteiger partial charge is 0.480 e. The third-order valence-corrected chi connectivity index (χ3v) is 4.91. The zero-order valence-electron chi connectivity index (χ0n) is 12.8. The molecule has 0 amide bonds. The Morgan fingerprint density at radius 1 is 1.45 bits per heavy atom. The van der Waals surface area contributed by atoms with Crippen molar-refractivity contribution in [3.05, 3.63) is 35.4 Å². The maximum absolute atomic E-state index is 11.5. The molecule has 120 valence electrons. The Hall–Kier alpha value is -1.69. The summed E-state index contributed by atoms with van der Waals surface area (Å²) in [5.41, 5.74) is 3.10. The summed E-state index contributed by atoms with van der Waals surface area (Å²) in [6.45, 7) is 2.14. The predicted molar refractivity (Wildman–Crippen MR) is 86.6 cm³/mol. The fraction of sp³-hybridized carbons (Fsp3) is 0.500. The van der Waals surface area contributed by atoms with Gasteiger partial charge >= 0.3 is 5.97 Å². The first-order valence-corrected chi connectivity index (χ1v) is 9.00. The first-order valence-electron chi connectivity index (χ1n) is 7.38. The average Bonchev–Trinajstić information content (AvgIpc) is 2.94. The monoisotopic (exact) mass is 323 g/mol. The van der Waals surface area contributed by atoms with Crippen molar-refractivity contribution < 1.29 is 18.9 Å². The minimum atomic E-state index is -1.42. The molecule has 0 aliphatic carbocycles. The van der Waals surface area contributed by atoms with Gasteiger partial charge in [-0.1, -0.05) is 42.8 Å². The van der Waals surface area contributed by atoms with Crippen molar-refractivity contribution in [2.24, 2.45) is 5.16 Å². The number of hydrogen-bond donors (Lipinski definition) is 1. The number of carbonyl (C=O) groups is 1. The maximum atomic E-state index is 11.5. The van der Waals surface area contributed by atoms with E-state index in [0.717, 1.165) is 24.1 Å². The molecule has 0 saturated carbocycles. The number of oxime groups is 1. The number of carboxylic acids is 1. The summed E-state index contributed by atoms with van der Waals surface area (Å²) < 4.78 is 11.5. The van der Waals surface area contributed by atoms with Gasteiger partial charge in [-0.3, -0.25) is 9.00 Å². The third kappa shape index (κ3) is 4.16. The molecule has 0 saturated heterocycles. The number of carboxylic acid groups (broad SMARTS) is 1. The van der Waals surface area contributed by atoms with Crippen molar-refractivity contribution in [1.29, 1.82) is 0 Å². The third-order valence-electron chi connectivity index (χ3n) is 3.71. The Bertz CT molecular complexity index is 568. The van der Waals surface area contributed by atoms with Crippen molar-refractivity contribution in [2.45, 2.75) is 44.0 Å². The van der Waals surface area contributed by atoms with Gasteiger partial charge in [0.25, 0.3) is 0 Å². The van der Waals surface area contributed by atoms with E-state index in [-0.39, 0.29) is 12.5 Å². The SMILES string of the molecule is CCCc1ccc(C2=NOC(CC(C(=O)O)S(C)=O)C2)cc1. The van der Waals surface area contributed by atoms with Gasteiger partial charge in [-0.05, 0) is 17.5 Å². The summed E-state index contributed by atoms with van der Waals surface area (Å²) >= 11 is 0. The highest BCUT2D eigenvalue weighted by molar-refractivity contribution is 7.85. The van der Waals surface area contributed by atoms with E-state index in [1.165, 1.54) is 11.8 Å². The van der Waals surface area contributed by atoms with Crippen LogP contribution in [0.15, 0.2) is 29.4 Å². The fourth-order valence-corrected chi connectivity index (χ4v) is 3.26. The number of aryl methyl sites for hydroxylation is 1. The van der Waals surface area contributed by atoms with Gasteiger partial charge in [-0.15, -0.1) is 0 Å². The van der Waals surface area contributed by atoms with Crippen molar-refractivity contribution in [1.82, 2.24) is 0 Å². The lowest BCUT2D eigenvalue weighted by Crippen LogP contribution is -2.29. The van der Waals surface area contributed by atoms with Crippen LogP contribution in [0.4, 0.5) is 0 Å². The topological polar surface area (TPSA) is 76.0 Å². The molecule has 3 atom stereocenters. The van der Waals surface area contributed by atoms with Crippen molar-refractivity contribution in [2.75, 3.05) is 6.26 Å². The second-order valence-corrected chi connectivity index (χ2v) is 7.04. The van der Waals surface area contributed by atoms with Crippen molar-refractivity contribution in [3.63, 3.8) is 0 Å². The van der Waals surface area contributed by atoms with Gasteiger partial charge in [-0.2, -0.15) is 0 Å². The van der Waals surface area contributed by atoms with Crippen LogP contribution in [0, 0.1) is 0 Å². The van der Waals surface area contributed by atoms with Gasteiger partial charge < -0.3 is 9.94 Å². The van der Waals surface area contributed by atoms with Crippen LogP contribution in [0.5, 0.6) is 0 Å².